The number of amides is 1. The van der Waals surface area contributed by atoms with Crippen LogP contribution in [0.2, 0.25) is 0 Å². The first-order valence-electron chi connectivity index (χ1n) is 9.95. The maximum atomic E-state index is 13.4. The summed E-state index contributed by atoms with van der Waals surface area (Å²) in [4.78, 5) is 15.4. The van der Waals surface area contributed by atoms with Gasteiger partial charge in [0.25, 0.3) is 0 Å². The molecule has 2 heterocycles. The number of benzene rings is 1. The molecule has 4 rings (SSSR count). The van der Waals surface area contributed by atoms with E-state index in [0.29, 0.717) is 19.0 Å². The van der Waals surface area contributed by atoms with Gasteiger partial charge in [0, 0.05) is 31.2 Å². The van der Waals surface area contributed by atoms with Gasteiger partial charge in [0.1, 0.15) is 5.75 Å². The standard InChI is InChI=1S/C21H30N2O3/c1-25-19-7-3-2-5-16(19)14-23(15-17-6-4-12-26-17)20(24)18-13-21(18)8-10-22-11-9-21/h2-3,5,7,17-18,22H,4,6,8-15H2,1H3. The fourth-order valence-electron chi connectivity index (χ4n) is 4.70. The highest BCUT2D eigenvalue weighted by Gasteiger charge is 2.58. The Morgan fingerprint density at radius 2 is 2.15 bits per heavy atom. The molecule has 0 aromatic heterocycles. The van der Waals surface area contributed by atoms with E-state index in [1.807, 2.05) is 23.1 Å². The highest BCUT2D eigenvalue weighted by atomic mass is 16.5. The van der Waals surface area contributed by atoms with Gasteiger partial charge < -0.3 is 19.7 Å². The molecule has 142 valence electrons. The van der Waals surface area contributed by atoms with Crippen molar-refractivity contribution in [1.29, 1.82) is 0 Å². The number of nitrogens with one attached hydrogen (secondary N) is 1. The predicted octanol–water partition coefficient (Wildman–Crippen LogP) is 2.59. The monoisotopic (exact) mass is 358 g/mol. The third kappa shape index (κ3) is 3.60. The normalized spacial score (nSPS) is 26.7. The Labute approximate surface area is 156 Å². The minimum absolute atomic E-state index is 0.177. The van der Waals surface area contributed by atoms with Gasteiger partial charge in [0.2, 0.25) is 5.91 Å². The van der Waals surface area contributed by atoms with E-state index in [1.165, 1.54) is 0 Å². The summed E-state index contributed by atoms with van der Waals surface area (Å²) in [6.45, 7) is 4.21. The molecule has 1 amide bonds. The summed E-state index contributed by atoms with van der Waals surface area (Å²) >= 11 is 0. The molecule has 2 unspecified atom stereocenters. The van der Waals surface area contributed by atoms with E-state index in [0.717, 1.165) is 63.1 Å². The van der Waals surface area contributed by atoms with Crippen molar-refractivity contribution >= 4 is 5.91 Å². The summed E-state index contributed by atoms with van der Waals surface area (Å²) in [7, 11) is 1.69. The summed E-state index contributed by atoms with van der Waals surface area (Å²) in [5.74, 6) is 1.36. The molecule has 0 bridgehead atoms. The SMILES string of the molecule is COc1ccccc1CN(CC1CCCO1)C(=O)C1CC12CCNCC2. The van der Waals surface area contributed by atoms with Gasteiger partial charge in [-0.05, 0) is 56.7 Å². The fourth-order valence-corrected chi connectivity index (χ4v) is 4.70. The van der Waals surface area contributed by atoms with Crippen LogP contribution in [0.5, 0.6) is 5.75 Å². The highest BCUT2D eigenvalue weighted by Crippen LogP contribution is 2.59. The van der Waals surface area contributed by atoms with Crippen LogP contribution >= 0.6 is 0 Å². The number of ether oxygens (including phenoxy) is 2. The second kappa shape index (κ2) is 7.57. The summed E-state index contributed by atoms with van der Waals surface area (Å²) in [5, 5.41) is 3.42. The van der Waals surface area contributed by atoms with Crippen molar-refractivity contribution in [3.05, 3.63) is 29.8 Å². The van der Waals surface area contributed by atoms with Gasteiger partial charge >= 0.3 is 0 Å². The van der Waals surface area contributed by atoms with E-state index >= 15 is 0 Å². The van der Waals surface area contributed by atoms with Gasteiger partial charge in [-0.15, -0.1) is 0 Å². The summed E-state index contributed by atoms with van der Waals surface area (Å²) in [6, 6.07) is 8.01. The van der Waals surface area contributed by atoms with Crippen LogP contribution in [0.4, 0.5) is 0 Å². The molecule has 1 aliphatic carbocycles. The molecule has 1 aromatic rings. The van der Waals surface area contributed by atoms with Crippen LogP contribution in [-0.2, 0) is 16.1 Å². The summed E-state index contributed by atoms with van der Waals surface area (Å²) in [6.07, 6.45) is 5.64. The topological polar surface area (TPSA) is 50.8 Å². The summed E-state index contributed by atoms with van der Waals surface area (Å²) < 4.78 is 11.3. The van der Waals surface area contributed by atoms with Gasteiger partial charge in [0.15, 0.2) is 0 Å². The Bertz CT molecular complexity index is 636. The number of nitrogens with zero attached hydrogens (tertiary/aromatic N) is 1. The molecule has 1 aromatic carbocycles. The van der Waals surface area contributed by atoms with Crippen LogP contribution in [0, 0.1) is 11.3 Å². The first-order valence-corrected chi connectivity index (χ1v) is 9.95. The van der Waals surface area contributed by atoms with Gasteiger partial charge in [-0.1, -0.05) is 18.2 Å². The van der Waals surface area contributed by atoms with E-state index < -0.39 is 0 Å². The molecule has 1 N–H and O–H groups in total. The molecule has 0 radical (unpaired) electrons. The van der Waals surface area contributed by atoms with E-state index in [1.54, 1.807) is 7.11 Å². The zero-order chi connectivity index (χ0) is 18.0. The van der Waals surface area contributed by atoms with Crippen molar-refractivity contribution in [3.8, 4) is 5.75 Å². The number of piperidine rings is 1. The number of para-hydroxylation sites is 1. The van der Waals surface area contributed by atoms with Gasteiger partial charge in [-0.3, -0.25) is 4.79 Å². The molecule has 1 spiro atoms. The minimum atomic E-state index is 0.177. The van der Waals surface area contributed by atoms with Crippen molar-refractivity contribution in [2.24, 2.45) is 11.3 Å². The maximum Gasteiger partial charge on any atom is 0.226 e. The molecule has 1 saturated carbocycles. The van der Waals surface area contributed by atoms with Crippen LogP contribution in [-0.4, -0.2) is 50.3 Å². The number of hydrogen-bond acceptors (Lipinski definition) is 4. The Hall–Kier alpha value is -1.59. The lowest BCUT2D eigenvalue weighted by Crippen LogP contribution is -2.40. The molecule has 5 heteroatoms. The fraction of sp³-hybridized carbons (Fsp3) is 0.667. The van der Waals surface area contributed by atoms with E-state index in [2.05, 4.69) is 11.4 Å². The van der Waals surface area contributed by atoms with Crippen molar-refractivity contribution in [3.63, 3.8) is 0 Å². The lowest BCUT2D eigenvalue weighted by atomic mass is 9.91. The molecular weight excluding hydrogens is 328 g/mol. The molecule has 3 aliphatic rings. The lowest BCUT2D eigenvalue weighted by Gasteiger charge is -2.29. The smallest absolute Gasteiger partial charge is 0.226 e. The molecule has 2 saturated heterocycles. The van der Waals surface area contributed by atoms with Crippen molar-refractivity contribution in [2.45, 2.75) is 44.8 Å². The van der Waals surface area contributed by atoms with Gasteiger partial charge in [-0.25, -0.2) is 0 Å². The second-order valence-corrected chi connectivity index (χ2v) is 8.03. The van der Waals surface area contributed by atoms with Gasteiger partial charge in [0.05, 0.1) is 13.2 Å². The Morgan fingerprint density at radius 1 is 1.35 bits per heavy atom. The largest absolute Gasteiger partial charge is 0.496 e. The quantitative estimate of drug-likeness (QED) is 0.849. The summed E-state index contributed by atoms with van der Waals surface area (Å²) in [5.41, 5.74) is 1.33. The number of methoxy groups -OCH3 is 1. The van der Waals surface area contributed by atoms with E-state index in [-0.39, 0.29) is 17.4 Å². The zero-order valence-electron chi connectivity index (χ0n) is 15.7. The van der Waals surface area contributed by atoms with Crippen LogP contribution in [0.3, 0.4) is 0 Å². The molecule has 5 nitrogen and oxygen atoms in total. The number of carbonyl (C=O) groups is 1. The molecular formula is C21H30N2O3. The maximum absolute atomic E-state index is 13.4. The second-order valence-electron chi connectivity index (χ2n) is 8.03. The van der Waals surface area contributed by atoms with Crippen LogP contribution in [0.1, 0.15) is 37.7 Å². The number of rotatable bonds is 6. The molecule has 26 heavy (non-hydrogen) atoms. The highest BCUT2D eigenvalue weighted by molar-refractivity contribution is 5.83. The van der Waals surface area contributed by atoms with Crippen molar-refractivity contribution < 1.29 is 14.3 Å². The van der Waals surface area contributed by atoms with Crippen molar-refractivity contribution in [2.75, 3.05) is 33.4 Å². The van der Waals surface area contributed by atoms with Crippen LogP contribution in [0.25, 0.3) is 0 Å². The number of carbonyl (C=O) groups excluding carboxylic acids is 1. The molecule has 2 aliphatic heterocycles. The van der Waals surface area contributed by atoms with E-state index in [4.69, 9.17) is 9.47 Å². The van der Waals surface area contributed by atoms with Crippen molar-refractivity contribution in [1.82, 2.24) is 10.2 Å². The predicted molar refractivity (Wildman–Crippen MR) is 100 cm³/mol. The lowest BCUT2D eigenvalue weighted by molar-refractivity contribution is -0.136. The average Bonchev–Trinajstić information content (AvgIpc) is 3.11. The van der Waals surface area contributed by atoms with Gasteiger partial charge in [-0.2, -0.15) is 0 Å². The molecule has 2 atom stereocenters. The zero-order valence-corrected chi connectivity index (χ0v) is 15.7. The first kappa shape index (κ1) is 17.8. The van der Waals surface area contributed by atoms with Crippen LogP contribution in [0.15, 0.2) is 24.3 Å². The third-order valence-electron chi connectivity index (χ3n) is 6.40. The van der Waals surface area contributed by atoms with E-state index in [9.17, 15) is 4.79 Å². The first-order chi connectivity index (χ1) is 12.7. The number of hydrogen-bond donors (Lipinski definition) is 1. The minimum Gasteiger partial charge on any atom is -0.496 e. The van der Waals surface area contributed by atoms with Crippen LogP contribution < -0.4 is 10.1 Å². The molecule has 3 fully saturated rings. The Kier molecular flexibility index (Phi) is 5.18. The Morgan fingerprint density at radius 3 is 2.88 bits per heavy atom. The Balaban J connectivity index is 1.49. The average molecular weight is 358 g/mol. The third-order valence-corrected chi connectivity index (χ3v) is 6.40.